The van der Waals surface area contributed by atoms with Crippen molar-refractivity contribution < 1.29 is 77.2 Å². The first kappa shape index (κ1) is 140. The number of aliphatic hydroxyl groups excluding tert-OH is 3. The van der Waals surface area contributed by atoms with Crippen LogP contribution in [0, 0.1) is 47.3 Å². The summed E-state index contributed by atoms with van der Waals surface area (Å²) >= 11 is 0. The normalized spacial score (nSPS) is 20.2. The molecule has 0 aromatic heterocycles. The van der Waals surface area contributed by atoms with Crippen molar-refractivity contribution in [3.63, 3.8) is 0 Å². The highest BCUT2D eigenvalue weighted by atomic mass is 16.8. The average Bonchev–Trinajstić information content (AvgIpc) is 0.768. The molecule has 0 aliphatic carbocycles. The summed E-state index contributed by atoms with van der Waals surface area (Å²) in [5.74, 6) is -2.16. The zero-order chi connectivity index (χ0) is 108. The number of ether oxygens (including phenoxy) is 8. The van der Waals surface area contributed by atoms with Crippen molar-refractivity contribution in [2.75, 3.05) is 13.2 Å². The average molecular weight is 2090 g/mol. The summed E-state index contributed by atoms with van der Waals surface area (Å²) in [6, 6.07) is 0. The van der Waals surface area contributed by atoms with E-state index in [4.69, 9.17) is 37.9 Å². The topological polar surface area (TPSA) is 220 Å². The van der Waals surface area contributed by atoms with E-state index in [1.807, 2.05) is 24.3 Å². The number of hydrogen-bond donors (Lipinski definition) is 3. The molecule has 0 radical (unpaired) electrons. The van der Waals surface area contributed by atoms with Crippen LogP contribution in [0.2, 0.25) is 0 Å². The highest BCUT2D eigenvalue weighted by Crippen LogP contribution is 2.37. The maximum absolute atomic E-state index is 15.1. The fraction of sp³-hybridized carbons (Fsp3) is 0.902. The molecule has 2 aliphatic rings. The third kappa shape index (κ3) is 75.1. The maximum atomic E-state index is 15.1. The second-order valence-corrected chi connectivity index (χ2v) is 48.2. The SMILES string of the molecule is CCCCCCCCCCCCCCCCCC[C@H](C)C[C@H](C)/C=C(\C)C(=O)OCC1O[C@H](O[C@H]2OC(CO)[C@@H](OC(=O)/C(C)=C/[C@@H](C)C[C@@H](C)CCCCCCCCCCCCCCCC)C(O)[C@@H]2OC(=O)/C(C)=C/[C@@H](C)C[C@@H](C)CCCCCCCCCCCCCCCC)[C@H](OC(=O)CCCCCCCCCCCCCCCCC)C(OC(=O)/C(C)=C/[C@@H](C)C[C@@H](C)CCCCCCCCCCCCCCCC)[C@@H]1O. The summed E-state index contributed by atoms with van der Waals surface area (Å²) < 4.78 is 52.3. The molecule has 0 saturated carbocycles. The van der Waals surface area contributed by atoms with Gasteiger partial charge in [-0.1, -0.05) is 602 Å². The Labute approximate surface area is 914 Å². The van der Waals surface area contributed by atoms with Gasteiger partial charge < -0.3 is 53.2 Å². The zero-order valence-electron chi connectivity index (χ0n) is 100. The molecular weight excluding hydrogens is 1840 g/mol. The monoisotopic (exact) mass is 2090 g/mol. The number of rotatable bonds is 103. The van der Waals surface area contributed by atoms with Crippen molar-refractivity contribution in [1.82, 2.24) is 0 Å². The summed E-state index contributed by atoms with van der Waals surface area (Å²) in [5.41, 5.74) is 1.18. The molecule has 2 aliphatic heterocycles. The van der Waals surface area contributed by atoms with Gasteiger partial charge in [-0.15, -0.1) is 0 Å². The van der Waals surface area contributed by atoms with Crippen LogP contribution in [0.5, 0.6) is 0 Å². The van der Waals surface area contributed by atoms with Crippen LogP contribution in [0.1, 0.15) is 644 Å². The summed E-state index contributed by atoms with van der Waals surface area (Å²) in [4.78, 5) is 74.2. The lowest BCUT2D eigenvalue weighted by atomic mass is 9.91. The molecule has 0 amide bonds. The Hall–Kier alpha value is -3.93. The van der Waals surface area contributed by atoms with Crippen LogP contribution in [0.4, 0.5) is 0 Å². The van der Waals surface area contributed by atoms with Crippen LogP contribution in [0.15, 0.2) is 46.6 Å². The van der Waals surface area contributed by atoms with Crippen LogP contribution in [0.25, 0.3) is 0 Å². The number of hydrogen-bond acceptors (Lipinski definition) is 16. The van der Waals surface area contributed by atoms with Crippen molar-refractivity contribution in [1.29, 1.82) is 0 Å². The van der Waals surface area contributed by atoms with Crippen molar-refractivity contribution >= 4 is 29.8 Å². The second kappa shape index (κ2) is 96.4. The Balaban J connectivity index is 2.71. The van der Waals surface area contributed by atoms with E-state index in [1.165, 1.54) is 411 Å². The van der Waals surface area contributed by atoms with Crippen molar-refractivity contribution in [2.24, 2.45) is 47.3 Å². The van der Waals surface area contributed by atoms with Crippen molar-refractivity contribution in [3.05, 3.63) is 46.6 Å². The molecule has 3 N–H and O–H groups in total. The Morgan fingerprint density at radius 2 is 0.459 bits per heavy atom. The summed E-state index contributed by atoms with van der Waals surface area (Å²) in [6.45, 7) is 34.2. The van der Waals surface area contributed by atoms with Gasteiger partial charge in [-0.25, -0.2) is 19.2 Å². The molecule has 18 atom stereocenters. The van der Waals surface area contributed by atoms with E-state index in [0.29, 0.717) is 41.2 Å². The number of carbonyl (C=O) groups excluding carboxylic acids is 5. The lowest BCUT2D eigenvalue weighted by Gasteiger charge is -2.47. The fourth-order valence-electron chi connectivity index (χ4n) is 23.1. The third-order valence-corrected chi connectivity index (χ3v) is 32.3. The van der Waals surface area contributed by atoms with Crippen molar-refractivity contribution in [2.45, 2.75) is 706 Å². The summed E-state index contributed by atoms with van der Waals surface area (Å²) in [7, 11) is 0. The smallest absolute Gasteiger partial charge is 0.333 e. The lowest BCUT2D eigenvalue weighted by molar-refractivity contribution is -0.377. The van der Waals surface area contributed by atoms with Gasteiger partial charge in [0.25, 0.3) is 0 Å². The highest BCUT2D eigenvalue weighted by Gasteiger charge is 2.56. The van der Waals surface area contributed by atoms with Crippen LogP contribution < -0.4 is 0 Å². The molecule has 0 aromatic rings. The molecule has 2 fully saturated rings. The van der Waals surface area contributed by atoms with Crippen LogP contribution in [0.3, 0.4) is 0 Å². The molecule has 16 heteroatoms. The van der Waals surface area contributed by atoms with Gasteiger partial charge in [0.2, 0.25) is 12.6 Å². The van der Waals surface area contributed by atoms with E-state index in [1.54, 1.807) is 27.7 Å². The molecule has 16 nitrogen and oxygen atoms in total. The molecule has 2 heterocycles. The molecule has 148 heavy (non-hydrogen) atoms. The van der Waals surface area contributed by atoms with Gasteiger partial charge in [0, 0.05) is 28.7 Å². The molecule has 2 rings (SSSR count). The van der Waals surface area contributed by atoms with Gasteiger partial charge in [-0.3, -0.25) is 4.79 Å². The van der Waals surface area contributed by atoms with Gasteiger partial charge in [0.05, 0.1) is 6.61 Å². The Morgan fingerprint density at radius 3 is 0.709 bits per heavy atom. The Morgan fingerprint density at radius 1 is 0.250 bits per heavy atom. The van der Waals surface area contributed by atoms with Crippen LogP contribution in [-0.4, -0.2) is 120 Å². The van der Waals surface area contributed by atoms with E-state index < -0.39 is 104 Å². The van der Waals surface area contributed by atoms with Crippen LogP contribution in [-0.2, 0) is 61.9 Å². The number of allylic oxidation sites excluding steroid dienone is 4. The molecule has 4 unspecified atom stereocenters. The lowest BCUT2D eigenvalue weighted by Crippen LogP contribution is -2.66. The third-order valence-electron chi connectivity index (χ3n) is 32.3. The van der Waals surface area contributed by atoms with Crippen molar-refractivity contribution in [3.8, 4) is 0 Å². The number of esters is 5. The van der Waals surface area contributed by atoms with Gasteiger partial charge in [-0.2, -0.15) is 0 Å². The summed E-state index contributed by atoms with van der Waals surface area (Å²) in [5, 5.41) is 37.6. The maximum Gasteiger partial charge on any atom is 0.333 e. The molecule has 0 aromatic carbocycles. The van der Waals surface area contributed by atoms with Gasteiger partial charge >= 0.3 is 29.8 Å². The first-order valence-electron chi connectivity index (χ1n) is 64.4. The standard InChI is InChI=1S/C132H244O16/c1-18-23-28-33-38-43-48-53-58-60-64-69-74-76-81-86-91-106(6)96-110(10)100-114(14)127(137)141-105-119-121(135)124(146-129(139)116(16)102-112(12)98-108(8)93-88-83-78-72-67-62-56-51-46-41-36-31-26-21-4)126(144-120(134)95-90-85-80-75-70-65-59-54-49-44-39-34-29-24-19-2)132(143-119)148-131-125(147-130(140)117(17)103-113(13)99-109(9)94-89-84-79-73-68-63-57-52-47-42-37-32-27-22-5)122(136)123(118(104-133)142-131)145-128(138)115(15)101-111(11)97-107(7)92-87-82-77-71-66-61-55-50-45-40-35-30-25-20-3/h100-103,106-113,118-119,121-126,131-133,135-136H,18-99,104-105H2,1-17H3/b114-100+,115-101+,116-102+,117-103+/t106-,107-,108-,109-,110-,111-,112-,113-,118?,119?,121+,122?,123+,124?,125-,126+,131+,132+/m0/s1. The molecule has 0 spiro atoms. The Bertz CT molecular complexity index is 3230. The first-order chi connectivity index (χ1) is 71.7. The van der Waals surface area contributed by atoms with E-state index >= 15 is 9.59 Å². The van der Waals surface area contributed by atoms with Gasteiger partial charge in [0.15, 0.2) is 24.4 Å². The van der Waals surface area contributed by atoms with E-state index in [0.717, 1.165) is 103 Å². The van der Waals surface area contributed by atoms with E-state index in [2.05, 4.69) is 90.0 Å². The predicted octanol–water partition coefficient (Wildman–Crippen LogP) is 38.3. The van der Waals surface area contributed by atoms with Gasteiger partial charge in [-0.05, 0) is 107 Å². The van der Waals surface area contributed by atoms with E-state index in [-0.39, 0.29) is 41.2 Å². The highest BCUT2D eigenvalue weighted by molar-refractivity contribution is 5.89. The zero-order valence-corrected chi connectivity index (χ0v) is 100. The largest absolute Gasteiger partial charge is 0.459 e. The Kier molecular flexibility index (Phi) is 91.3. The molecule has 2 saturated heterocycles. The minimum absolute atomic E-state index is 0.00131. The van der Waals surface area contributed by atoms with Gasteiger partial charge in [0.1, 0.15) is 31.0 Å². The summed E-state index contributed by atoms with van der Waals surface area (Å²) in [6.07, 6.45) is 90.8. The number of unbranched alkanes of at least 4 members (excludes halogenated alkanes) is 68. The second-order valence-electron chi connectivity index (χ2n) is 48.2. The molecular formula is C132H244O16. The van der Waals surface area contributed by atoms with E-state index in [9.17, 15) is 29.7 Å². The number of carbonyl (C=O) groups is 5. The minimum atomic E-state index is -1.92. The quantitative estimate of drug-likeness (QED) is 0.0223. The predicted molar refractivity (Wildman–Crippen MR) is 623 cm³/mol. The molecule has 868 valence electrons. The fourth-order valence-corrected chi connectivity index (χ4v) is 23.1. The van der Waals surface area contributed by atoms with Crippen LogP contribution >= 0.6 is 0 Å². The minimum Gasteiger partial charge on any atom is -0.459 e. The number of aliphatic hydroxyl groups is 3. The molecule has 0 bridgehead atoms. The first-order valence-corrected chi connectivity index (χ1v) is 64.4.